The van der Waals surface area contributed by atoms with Gasteiger partial charge in [0.15, 0.2) is 0 Å². The van der Waals surface area contributed by atoms with Crippen molar-refractivity contribution < 1.29 is 0 Å². The van der Waals surface area contributed by atoms with Gasteiger partial charge in [-0.3, -0.25) is 4.40 Å². The molecule has 0 radical (unpaired) electrons. The number of imidazole rings is 1. The number of allylic oxidation sites excluding steroid dienone is 4. The molecule has 0 N–H and O–H groups in total. The third kappa shape index (κ3) is 6.43. The third-order valence-electron chi connectivity index (χ3n) is 11.7. The molecule has 10 aromatic rings. The molecule has 3 heterocycles. The second-order valence-electron chi connectivity index (χ2n) is 15.4. The molecule has 3 heteroatoms. The number of rotatable bonds is 7. The van der Waals surface area contributed by atoms with Crippen molar-refractivity contribution in [1.29, 1.82) is 0 Å². The Kier molecular flexibility index (Phi) is 8.63. The van der Waals surface area contributed by atoms with Crippen LogP contribution in [0.5, 0.6) is 0 Å². The predicted octanol–water partition coefficient (Wildman–Crippen LogP) is 14.6. The van der Waals surface area contributed by atoms with Gasteiger partial charge in [-0.2, -0.15) is 0 Å². The summed E-state index contributed by atoms with van der Waals surface area (Å²) in [7, 11) is 0. The van der Waals surface area contributed by atoms with Crippen molar-refractivity contribution in [2.75, 3.05) is 0 Å². The highest BCUT2D eigenvalue weighted by atomic mass is 15.0. The highest BCUT2D eigenvalue weighted by molar-refractivity contribution is 6.14. The van der Waals surface area contributed by atoms with E-state index >= 15 is 0 Å². The highest BCUT2D eigenvalue weighted by Crippen LogP contribution is 2.41. The van der Waals surface area contributed by atoms with E-state index < -0.39 is 0 Å². The van der Waals surface area contributed by atoms with Crippen LogP contribution in [0.15, 0.2) is 219 Å². The van der Waals surface area contributed by atoms with Crippen molar-refractivity contribution in [2.24, 2.45) is 0 Å². The topological polar surface area (TPSA) is 30.2 Å². The summed E-state index contributed by atoms with van der Waals surface area (Å²) in [6.45, 7) is 0. The van der Waals surface area contributed by atoms with Gasteiger partial charge in [-0.25, -0.2) is 9.97 Å². The van der Waals surface area contributed by atoms with E-state index in [9.17, 15) is 0 Å². The molecule has 1 aliphatic rings. The van der Waals surface area contributed by atoms with Crippen molar-refractivity contribution in [2.45, 2.75) is 12.3 Å². The Labute approximate surface area is 343 Å². The van der Waals surface area contributed by atoms with E-state index in [0.717, 1.165) is 73.8 Å². The van der Waals surface area contributed by atoms with Crippen LogP contribution < -0.4 is 0 Å². The minimum Gasteiger partial charge on any atom is -0.299 e. The van der Waals surface area contributed by atoms with Gasteiger partial charge in [0, 0.05) is 34.4 Å². The van der Waals surface area contributed by atoms with Gasteiger partial charge in [0.1, 0.15) is 5.65 Å². The summed E-state index contributed by atoms with van der Waals surface area (Å²) in [5.74, 6) is 0.282. The molecule has 0 spiro atoms. The first-order valence-electron chi connectivity index (χ1n) is 20.3. The van der Waals surface area contributed by atoms with Crippen molar-refractivity contribution in [1.82, 2.24) is 14.4 Å². The first-order chi connectivity index (χ1) is 29.2. The van der Waals surface area contributed by atoms with Gasteiger partial charge in [-0.05, 0) is 104 Å². The number of hydrogen-bond donors (Lipinski definition) is 0. The summed E-state index contributed by atoms with van der Waals surface area (Å²) >= 11 is 0. The maximum atomic E-state index is 5.41. The fourth-order valence-electron chi connectivity index (χ4n) is 8.78. The van der Waals surface area contributed by atoms with E-state index in [-0.39, 0.29) is 5.92 Å². The molecule has 59 heavy (non-hydrogen) atoms. The molecule has 0 amide bonds. The Morgan fingerprint density at radius 2 is 1.08 bits per heavy atom. The van der Waals surface area contributed by atoms with Gasteiger partial charge < -0.3 is 0 Å². The molecule has 11 rings (SSSR count). The molecular weight excluding hydrogens is 715 g/mol. The minimum atomic E-state index is 0.282. The molecule has 7 aromatic carbocycles. The quantitative estimate of drug-likeness (QED) is 0.152. The Morgan fingerprint density at radius 1 is 0.441 bits per heavy atom. The Bertz CT molecular complexity index is 3230. The zero-order valence-electron chi connectivity index (χ0n) is 32.4. The second-order valence-corrected chi connectivity index (χ2v) is 15.4. The van der Waals surface area contributed by atoms with E-state index in [1.54, 1.807) is 0 Å². The van der Waals surface area contributed by atoms with E-state index in [4.69, 9.17) is 9.97 Å². The average molecular weight is 754 g/mol. The van der Waals surface area contributed by atoms with Gasteiger partial charge in [-0.1, -0.05) is 164 Å². The first kappa shape index (κ1) is 34.6. The Hall–Kier alpha value is -7.62. The molecule has 0 aliphatic heterocycles. The zero-order valence-corrected chi connectivity index (χ0v) is 32.4. The van der Waals surface area contributed by atoms with Gasteiger partial charge in [0.05, 0.1) is 22.8 Å². The fourth-order valence-corrected chi connectivity index (χ4v) is 8.78. The Balaban J connectivity index is 1.11. The highest BCUT2D eigenvalue weighted by Gasteiger charge is 2.19. The standard InChI is InChI=1S/C56H39N3/c1-4-16-38(17-5-1)45-36-52(40-18-6-2-7-19-40)57-53(37-45)47-33-44(32-46(34-47)51-35-43-22-10-11-23-48(43)49-24-12-13-25-50(49)51)39-27-29-42(30-28-39)56-55(41-20-8-3-9-21-41)58-54-26-14-15-31-59(54)56/h1-16,18-38H,17H2. The third-order valence-corrected chi connectivity index (χ3v) is 11.7. The largest absolute Gasteiger partial charge is 0.299 e. The van der Waals surface area contributed by atoms with E-state index in [1.165, 1.54) is 32.7 Å². The zero-order chi connectivity index (χ0) is 39.1. The maximum Gasteiger partial charge on any atom is 0.137 e. The molecule has 0 saturated heterocycles. The smallest absolute Gasteiger partial charge is 0.137 e. The lowest BCUT2D eigenvalue weighted by molar-refractivity contribution is 0.852. The molecule has 1 unspecified atom stereocenters. The molecule has 3 nitrogen and oxygen atoms in total. The molecular formula is C56H39N3. The minimum absolute atomic E-state index is 0.282. The lowest BCUT2D eigenvalue weighted by Gasteiger charge is -2.18. The van der Waals surface area contributed by atoms with Crippen molar-refractivity contribution in [3.63, 3.8) is 0 Å². The molecule has 0 bridgehead atoms. The molecule has 1 aliphatic carbocycles. The number of pyridine rings is 2. The number of aromatic nitrogens is 3. The van der Waals surface area contributed by atoms with Crippen LogP contribution >= 0.6 is 0 Å². The van der Waals surface area contributed by atoms with Gasteiger partial charge in [-0.15, -0.1) is 0 Å². The molecule has 0 saturated carbocycles. The summed E-state index contributed by atoms with van der Waals surface area (Å²) in [6, 6.07) is 67.7. The average Bonchev–Trinajstić information content (AvgIpc) is 3.72. The lowest BCUT2D eigenvalue weighted by Crippen LogP contribution is -2.00. The van der Waals surface area contributed by atoms with Crippen molar-refractivity contribution >= 4 is 27.2 Å². The maximum absolute atomic E-state index is 5.41. The van der Waals surface area contributed by atoms with E-state index in [0.29, 0.717) is 0 Å². The first-order valence-corrected chi connectivity index (χ1v) is 20.3. The van der Waals surface area contributed by atoms with E-state index in [2.05, 4.69) is 217 Å². The van der Waals surface area contributed by atoms with Crippen LogP contribution in [-0.2, 0) is 0 Å². The SMILES string of the molecule is C1=CCC(c2cc(-c3ccccc3)nc(-c3cc(-c4ccc(-c5c(-c6ccccc6)nc6ccccn56)cc4)cc(-c4cc5ccccc5c5ccccc45)c3)c2)C=C1. The number of benzene rings is 7. The van der Waals surface area contributed by atoms with Crippen LogP contribution in [0, 0.1) is 0 Å². The monoisotopic (exact) mass is 753 g/mol. The van der Waals surface area contributed by atoms with E-state index in [1.807, 2.05) is 6.07 Å². The normalized spacial score (nSPS) is 13.7. The van der Waals surface area contributed by atoms with Crippen molar-refractivity contribution in [3.8, 4) is 67.3 Å². The van der Waals surface area contributed by atoms with Crippen molar-refractivity contribution in [3.05, 3.63) is 224 Å². The van der Waals surface area contributed by atoms with Crippen LogP contribution in [0.3, 0.4) is 0 Å². The predicted molar refractivity (Wildman–Crippen MR) is 246 cm³/mol. The Morgan fingerprint density at radius 3 is 1.86 bits per heavy atom. The summed E-state index contributed by atoms with van der Waals surface area (Å²) in [6.07, 6.45) is 11.9. The summed E-state index contributed by atoms with van der Waals surface area (Å²) in [5.41, 5.74) is 15.2. The van der Waals surface area contributed by atoms with Gasteiger partial charge in [0.2, 0.25) is 0 Å². The molecule has 278 valence electrons. The fraction of sp³-hybridized carbons (Fsp3) is 0.0357. The van der Waals surface area contributed by atoms with Crippen LogP contribution in [0.25, 0.3) is 94.5 Å². The second kappa shape index (κ2) is 14.7. The summed E-state index contributed by atoms with van der Waals surface area (Å²) < 4.78 is 2.20. The van der Waals surface area contributed by atoms with Crippen LogP contribution in [0.4, 0.5) is 0 Å². The lowest BCUT2D eigenvalue weighted by atomic mass is 9.88. The number of nitrogens with zero attached hydrogens (tertiary/aromatic N) is 3. The number of fused-ring (bicyclic) bond motifs is 4. The van der Waals surface area contributed by atoms with Crippen LogP contribution in [-0.4, -0.2) is 14.4 Å². The van der Waals surface area contributed by atoms with Crippen LogP contribution in [0.2, 0.25) is 0 Å². The summed E-state index contributed by atoms with van der Waals surface area (Å²) in [5, 5.41) is 4.97. The molecule has 1 atom stereocenters. The molecule has 0 fully saturated rings. The van der Waals surface area contributed by atoms with Crippen LogP contribution in [0.1, 0.15) is 17.9 Å². The van der Waals surface area contributed by atoms with Gasteiger partial charge >= 0.3 is 0 Å². The molecule has 3 aromatic heterocycles. The van der Waals surface area contributed by atoms with Gasteiger partial charge in [0.25, 0.3) is 0 Å². The number of hydrogen-bond acceptors (Lipinski definition) is 2. The summed E-state index contributed by atoms with van der Waals surface area (Å²) in [4.78, 5) is 10.5.